The summed E-state index contributed by atoms with van der Waals surface area (Å²) in [6.07, 6.45) is 4.92. The van der Waals surface area contributed by atoms with Crippen molar-refractivity contribution in [2.75, 3.05) is 39.2 Å². The summed E-state index contributed by atoms with van der Waals surface area (Å²) in [6.45, 7) is 0.865. The number of hydrogen-bond donors (Lipinski definition) is 1. The van der Waals surface area contributed by atoms with E-state index in [9.17, 15) is 13.2 Å². The molecule has 0 radical (unpaired) electrons. The Kier molecular flexibility index (Phi) is 5.05. The first-order chi connectivity index (χ1) is 12.2. The van der Waals surface area contributed by atoms with E-state index in [1.807, 2.05) is 6.07 Å². The van der Waals surface area contributed by atoms with Gasteiger partial charge >= 0.3 is 6.03 Å². The third-order valence-corrected chi connectivity index (χ3v) is 7.01. The molecule has 1 aliphatic heterocycles. The molecule has 0 atom stereocenters. The normalized spacial score (nSPS) is 29.4. The molecule has 2 fully saturated rings. The van der Waals surface area contributed by atoms with E-state index in [-0.39, 0.29) is 29.4 Å². The molecule has 3 rings (SSSR count). The number of carbonyl (C=O) groups excluding carboxylic acids is 1. The van der Waals surface area contributed by atoms with Crippen LogP contribution in [0.5, 0.6) is 0 Å². The number of nitrogens with zero attached hydrogens (tertiary/aromatic N) is 2. The van der Waals surface area contributed by atoms with Crippen LogP contribution in [0.2, 0.25) is 0 Å². The predicted octanol–water partition coefficient (Wildman–Crippen LogP) is 1.83. The lowest BCUT2D eigenvalue weighted by molar-refractivity contribution is 0.0622. The van der Waals surface area contributed by atoms with Crippen molar-refractivity contribution in [1.82, 2.24) is 15.1 Å². The van der Waals surface area contributed by atoms with Crippen molar-refractivity contribution in [3.63, 3.8) is 0 Å². The molecule has 7 heteroatoms. The lowest BCUT2D eigenvalue weighted by Gasteiger charge is -2.48. The summed E-state index contributed by atoms with van der Waals surface area (Å²) in [5.74, 6) is 0.0160. The molecule has 0 unspecified atom stereocenters. The molecule has 1 N–H and O–H groups in total. The molecule has 1 aromatic carbocycles. The summed E-state index contributed by atoms with van der Waals surface area (Å²) in [5, 5.41) is 3.16. The fraction of sp³-hybridized carbons (Fsp3) is 0.632. The number of benzene rings is 1. The van der Waals surface area contributed by atoms with Gasteiger partial charge in [-0.05, 0) is 45.3 Å². The summed E-state index contributed by atoms with van der Waals surface area (Å²) < 4.78 is 22.8. The van der Waals surface area contributed by atoms with Gasteiger partial charge in [0.05, 0.1) is 11.3 Å². The Hall–Kier alpha value is -1.60. The van der Waals surface area contributed by atoms with Gasteiger partial charge in [-0.15, -0.1) is 0 Å². The summed E-state index contributed by atoms with van der Waals surface area (Å²) >= 11 is 0. The minimum atomic E-state index is -3.07. The average Bonchev–Trinajstić information content (AvgIpc) is 2.89. The molecule has 1 spiro atoms. The van der Waals surface area contributed by atoms with E-state index < -0.39 is 9.84 Å². The second-order valence-electron chi connectivity index (χ2n) is 8.05. The quantitative estimate of drug-likeness (QED) is 0.847. The molecule has 26 heavy (non-hydrogen) atoms. The number of hydrogen-bond acceptors (Lipinski definition) is 4. The largest absolute Gasteiger partial charge is 0.331 e. The van der Waals surface area contributed by atoms with E-state index in [4.69, 9.17) is 0 Å². The second-order valence-corrected chi connectivity index (χ2v) is 10.3. The van der Waals surface area contributed by atoms with Crippen LogP contribution in [-0.2, 0) is 15.4 Å². The van der Waals surface area contributed by atoms with Gasteiger partial charge < -0.3 is 10.2 Å². The van der Waals surface area contributed by atoms with Crippen molar-refractivity contribution in [1.29, 1.82) is 0 Å². The van der Waals surface area contributed by atoms with Gasteiger partial charge in [-0.1, -0.05) is 30.3 Å². The zero-order valence-electron chi connectivity index (χ0n) is 15.9. The van der Waals surface area contributed by atoms with Crippen molar-refractivity contribution in [3.05, 3.63) is 35.9 Å². The highest BCUT2D eigenvalue weighted by molar-refractivity contribution is 7.90. The van der Waals surface area contributed by atoms with E-state index in [0.29, 0.717) is 6.54 Å². The third-order valence-electron chi connectivity index (χ3n) is 6.09. The Balaban J connectivity index is 1.72. The van der Waals surface area contributed by atoms with Gasteiger partial charge in [0.15, 0.2) is 0 Å². The van der Waals surface area contributed by atoms with Gasteiger partial charge in [0, 0.05) is 24.9 Å². The minimum Gasteiger partial charge on any atom is -0.331 e. The molecule has 0 aromatic heterocycles. The molecule has 2 aliphatic rings. The maximum atomic E-state index is 12.3. The summed E-state index contributed by atoms with van der Waals surface area (Å²) in [7, 11) is 1.17. The van der Waals surface area contributed by atoms with Gasteiger partial charge in [-0.3, -0.25) is 4.90 Å². The number of nitrogens with one attached hydrogen (secondary N) is 1. The van der Waals surface area contributed by atoms with Crippen LogP contribution in [-0.4, -0.2) is 69.0 Å². The van der Waals surface area contributed by atoms with E-state index in [1.54, 1.807) is 4.90 Å². The highest BCUT2D eigenvalue weighted by Crippen LogP contribution is 2.45. The Morgan fingerprint density at radius 3 is 2.27 bits per heavy atom. The fourth-order valence-electron chi connectivity index (χ4n) is 4.41. The van der Waals surface area contributed by atoms with E-state index in [2.05, 4.69) is 48.6 Å². The molecule has 0 bridgehead atoms. The van der Waals surface area contributed by atoms with Crippen LogP contribution in [0.4, 0.5) is 4.79 Å². The van der Waals surface area contributed by atoms with Crippen LogP contribution < -0.4 is 5.32 Å². The maximum Gasteiger partial charge on any atom is 0.318 e. The Morgan fingerprint density at radius 1 is 1.12 bits per heavy atom. The highest BCUT2D eigenvalue weighted by Gasteiger charge is 2.49. The number of sulfone groups is 1. The second kappa shape index (κ2) is 6.85. The Morgan fingerprint density at radius 2 is 1.73 bits per heavy atom. The summed E-state index contributed by atoms with van der Waals surface area (Å²) in [4.78, 5) is 16.3. The lowest BCUT2D eigenvalue weighted by atomic mass is 9.69. The number of carbonyl (C=O) groups is 1. The van der Waals surface area contributed by atoms with Crippen molar-refractivity contribution in [3.8, 4) is 0 Å². The number of urea groups is 1. The summed E-state index contributed by atoms with van der Waals surface area (Å²) in [5.41, 5.74) is 1.07. The third kappa shape index (κ3) is 3.74. The lowest BCUT2D eigenvalue weighted by Crippen LogP contribution is -2.54. The first kappa shape index (κ1) is 19.2. The molecular formula is C19H29N3O3S. The molecule has 1 heterocycles. The van der Waals surface area contributed by atoms with Crippen molar-refractivity contribution in [2.45, 2.75) is 36.8 Å². The summed E-state index contributed by atoms with van der Waals surface area (Å²) in [6, 6.07) is 10.4. The molecule has 1 aromatic rings. The van der Waals surface area contributed by atoms with Crippen LogP contribution in [0.3, 0.4) is 0 Å². The first-order valence-corrected chi connectivity index (χ1v) is 11.2. The predicted molar refractivity (Wildman–Crippen MR) is 103 cm³/mol. The van der Waals surface area contributed by atoms with Crippen LogP contribution in [0.15, 0.2) is 30.3 Å². The topological polar surface area (TPSA) is 69.7 Å². The standard InChI is InChI=1S/C19H29N3O3S/c1-21(2)19(16-7-5-4-6-8-16)11-9-18(10-12-19)15-22(17(23)20-18)13-14-26(3,24)25/h4-8H,9-15H2,1-3H3,(H,20,23)/t18-,19+. The van der Waals surface area contributed by atoms with Crippen LogP contribution in [0.1, 0.15) is 31.2 Å². The molecule has 1 saturated carbocycles. The monoisotopic (exact) mass is 379 g/mol. The van der Waals surface area contributed by atoms with Gasteiger partial charge in [0.25, 0.3) is 0 Å². The molecular weight excluding hydrogens is 350 g/mol. The van der Waals surface area contributed by atoms with Crippen LogP contribution in [0, 0.1) is 0 Å². The maximum absolute atomic E-state index is 12.3. The molecule has 1 saturated heterocycles. The van der Waals surface area contributed by atoms with Crippen LogP contribution in [0.25, 0.3) is 0 Å². The van der Waals surface area contributed by atoms with E-state index in [1.165, 1.54) is 11.8 Å². The van der Waals surface area contributed by atoms with Gasteiger partial charge in [-0.25, -0.2) is 13.2 Å². The van der Waals surface area contributed by atoms with E-state index >= 15 is 0 Å². The zero-order valence-corrected chi connectivity index (χ0v) is 16.7. The zero-order chi connectivity index (χ0) is 19.0. The molecule has 1 aliphatic carbocycles. The minimum absolute atomic E-state index is 0.0160. The van der Waals surface area contributed by atoms with Crippen molar-refractivity contribution < 1.29 is 13.2 Å². The molecule has 2 amide bonds. The van der Waals surface area contributed by atoms with Crippen LogP contribution >= 0.6 is 0 Å². The van der Waals surface area contributed by atoms with Crippen molar-refractivity contribution in [2.24, 2.45) is 0 Å². The Labute approximate surface area is 156 Å². The van der Waals surface area contributed by atoms with E-state index in [0.717, 1.165) is 25.7 Å². The fourth-order valence-corrected chi connectivity index (χ4v) is 4.96. The SMILES string of the molecule is CN(C)[C@]1(c2ccccc2)CC[C@]2(CC1)CN(CCS(C)(=O)=O)C(=O)N2. The Bertz CT molecular complexity index is 753. The molecule has 6 nitrogen and oxygen atoms in total. The van der Waals surface area contributed by atoms with Gasteiger partial charge in [0.2, 0.25) is 0 Å². The average molecular weight is 380 g/mol. The van der Waals surface area contributed by atoms with Crippen molar-refractivity contribution >= 4 is 15.9 Å². The van der Waals surface area contributed by atoms with Gasteiger partial charge in [-0.2, -0.15) is 0 Å². The number of rotatable bonds is 5. The first-order valence-electron chi connectivity index (χ1n) is 9.14. The highest BCUT2D eigenvalue weighted by atomic mass is 32.2. The molecule has 144 valence electrons. The number of amides is 2. The smallest absolute Gasteiger partial charge is 0.318 e. The van der Waals surface area contributed by atoms with Gasteiger partial charge in [0.1, 0.15) is 9.84 Å².